The topological polar surface area (TPSA) is 44.4 Å². The van der Waals surface area contributed by atoms with E-state index in [0.717, 1.165) is 24.4 Å². The summed E-state index contributed by atoms with van der Waals surface area (Å²) in [5, 5.41) is 0.715. The predicted molar refractivity (Wildman–Crippen MR) is 79.4 cm³/mol. The number of halogens is 1. The van der Waals surface area contributed by atoms with E-state index in [9.17, 15) is 4.79 Å². The smallest absolute Gasteiger partial charge is 0.232 e. The molecule has 6 heteroatoms. The molecule has 1 aromatic carbocycles. The summed E-state index contributed by atoms with van der Waals surface area (Å²) in [4.78, 5) is 14.8. The molecule has 0 radical (unpaired) electrons. The van der Waals surface area contributed by atoms with Crippen molar-refractivity contribution in [3.63, 3.8) is 0 Å². The number of hydrazine groups is 1. The molecule has 0 saturated carbocycles. The second-order valence-corrected chi connectivity index (χ2v) is 6.06. The van der Waals surface area contributed by atoms with Gasteiger partial charge in [0.2, 0.25) is 5.91 Å². The lowest BCUT2D eigenvalue weighted by Crippen LogP contribution is -2.41. The fourth-order valence-corrected chi connectivity index (χ4v) is 2.86. The van der Waals surface area contributed by atoms with Gasteiger partial charge in [0, 0.05) is 36.1 Å². The number of amides is 1. The first-order valence-electron chi connectivity index (χ1n) is 6.26. The lowest BCUT2D eigenvalue weighted by molar-refractivity contribution is -0.127. The molecule has 2 rings (SSSR count). The van der Waals surface area contributed by atoms with Gasteiger partial charge in [0.1, 0.15) is 0 Å². The Kier molecular flexibility index (Phi) is 5.51. The molecule has 1 fully saturated rings. The molecule has 1 saturated heterocycles. The average Bonchev–Trinajstić information content (AvgIpc) is 2.90. The monoisotopic (exact) mass is 299 g/mol. The molecule has 1 heterocycles. The van der Waals surface area contributed by atoms with E-state index in [0.29, 0.717) is 16.8 Å². The number of benzene rings is 1. The molecule has 0 bridgehead atoms. The molecule has 1 unspecified atom stereocenters. The summed E-state index contributed by atoms with van der Waals surface area (Å²) in [7, 11) is 1.85. The first-order chi connectivity index (χ1) is 9.15. The molecule has 0 aliphatic carbocycles. The maximum absolute atomic E-state index is 12.0. The fourth-order valence-electron chi connectivity index (χ4n) is 1.89. The fraction of sp³-hybridized carbons (Fsp3) is 0.462. The Bertz CT molecular complexity index is 420. The third-order valence-electron chi connectivity index (χ3n) is 3.02. The van der Waals surface area contributed by atoms with Gasteiger partial charge >= 0.3 is 0 Å². The molecule has 2 N–H and O–H groups in total. The molecular formula is C13H18ClN3OS. The lowest BCUT2D eigenvalue weighted by atomic mass is 10.2. The van der Waals surface area contributed by atoms with Crippen molar-refractivity contribution in [2.45, 2.75) is 17.4 Å². The maximum atomic E-state index is 12.0. The molecule has 1 amide bonds. The number of nitrogens with one attached hydrogen (secondary N) is 2. The van der Waals surface area contributed by atoms with E-state index in [-0.39, 0.29) is 5.91 Å². The molecule has 1 aliphatic rings. The van der Waals surface area contributed by atoms with Crippen LogP contribution in [-0.2, 0) is 4.79 Å². The molecule has 4 nitrogen and oxygen atoms in total. The van der Waals surface area contributed by atoms with Crippen molar-refractivity contribution in [2.24, 2.45) is 0 Å². The van der Waals surface area contributed by atoms with E-state index >= 15 is 0 Å². The van der Waals surface area contributed by atoms with Crippen molar-refractivity contribution in [1.29, 1.82) is 0 Å². The second-order valence-electron chi connectivity index (χ2n) is 4.57. The molecular weight excluding hydrogens is 282 g/mol. The summed E-state index contributed by atoms with van der Waals surface area (Å²) >= 11 is 7.36. The van der Waals surface area contributed by atoms with Gasteiger partial charge in [0.15, 0.2) is 0 Å². The van der Waals surface area contributed by atoms with Crippen molar-refractivity contribution in [1.82, 2.24) is 15.8 Å². The van der Waals surface area contributed by atoms with Gasteiger partial charge < -0.3 is 4.90 Å². The van der Waals surface area contributed by atoms with Gasteiger partial charge in [-0.2, -0.15) is 0 Å². The average molecular weight is 300 g/mol. The Hall–Kier alpha value is -0.750. The minimum absolute atomic E-state index is 0.147. The molecule has 1 aliphatic heterocycles. The van der Waals surface area contributed by atoms with Crippen molar-refractivity contribution in [3.8, 4) is 0 Å². The number of rotatable bonds is 5. The van der Waals surface area contributed by atoms with Crippen LogP contribution < -0.4 is 10.9 Å². The summed E-state index contributed by atoms with van der Waals surface area (Å²) in [6.45, 7) is 1.71. The van der Waals surface area contributed by atoms with Gasteiger partial charge in [-0.3, -0.25) is 15.6 Å². The van der Waals surface area contributed by atoms with E-state index in [1.165, 1.54) is 11.8 Å². The number of hydrogen-bond donors (Lipinski definition) is 2. The highest BCUT2D eigenvalue weighted by molar-refractivity contribution is 8.00. The Morgan fingerprint density at radius 2 is 2.21 bits per heavy atom. The van der Waals surface area contributed by atoms with Crippen LogP contribution in [0, 0.1) is 0 Å². The minimum Gasteiger partial charge on any atom is -0.343 e. The highest BCUT2D eigenvalue weighted by Gasteiger charge is 2.18. The number of thioether (sulfide) groups is 1. The van der Waals surface area contributed by atoms with Crippen molar-refractivity contribution in [2.75, 3.05) is 25.9 Å². The standard InChI is InChI=1S/C13H18ClN3OS/c1-17(8-11-6-7-15-16-11)13(18)9-19-12-4-2-10(14)3-5-12/h2-5,11,15-16H,6-9H2,1H3. The van der Waals surface area contributed by atoms with Gasteiger partial charge in [-0.25, -0.2) is 0 Å². The van der Waals surface area contributed by atoms with Gasteiger partial charge in [0.25, 0.3) is 0 Å². The van der Waals surface area contributed by atoms with Gasteiger partial charge in [0.05, 0.1) is 5.75 Å². The zero-order valence-corrected chi connectivity index (χ0v) is 12.4. The molecule has 0 aromatic heterocycles. The van der Waals surface area contributed by atoms with Crippen LogP contribution in [0.5, 0.6) is 0 Å². The van der Waals surface area contributed by atoms with Gasteiger partial charge in [-0.05, 0) is 30.7 Å². The van der Waals surface area contributed by atoms with E-state index < -0.39 is 0 Å². The van der Waals surface area contributed by atoms with E-state index in [1.807, 2.05) is 31.3 Å². The second kappa shape index (κ2) is 7.14. The zero-order valence-electron chi connectivity index (χ0n) is 10.9. The highest BCUT2D eigenvalue weighted by atomic mass is 35.5. The third-order valence-corrected chi connectivity index (χ3v) is 4.27. The maximum Gasteiger partial charge on any atom is 0.232 e. The molecule has 0 spiro atoms. The predicted octanol–water partition coefficient (Wildman–Crippen LogP) is 1.76. The van der Waals surface area contributed by atoms with Crippen LogP contribution >= 0.6 is 23.4 Å². The molecule has 19 heavy (non-hydrogen) atoms. The van der Waals surface area contributed by atoms with Crippen LogP contribution in [0.4, 0.5) is 0 Å². The zero-order chi connectivity index (χ0) is 13.7. The summed E-state index contributed by atoms with van der Waals surface area (Å²) in [6.07, 6.45) is 1.06. The Morgan fingerprint density at radius 1 is 1.47 bits per heavy atom. The van der Waals surface area contributed by atoms with Crippen molar-refractivity contribution < 1.29 is 4.79 Å². The number of nitrogens with zero attached hydrogens (tertiary/aromatic N) is 1. The lowest BCUT2D eigenvalue weighted by Gasteiger charge is -2.20. The Labute approximate surface area is 122 Å². The molecule has 104 valence electrons. The van der Waals surface area contributed by atoms with Crippen molar-refractivity contribution >= 4 is 29.3 Å². The van der Waals surface area contributed by atoms with Crippen LogP contribution in [0.2, 0.25) is 5.02 Å². The summed E-state index contributed by atoms with van der Waals surface area (Å²) < 4.78 is 0. The summed E-state index contributed by atoms with van der Waals surface area (Å²) in [5.74, 6) is 0.604. The van der Waals surface area contributed by atoms with Crippen LogP contribution in [0.15, 0.2) is 29.2 Å². The Balaban J connectivity index is 1.75. The molecule has 1 aromatic rings. The molecule has 1 atom stereocenters. The Morgan fingerprint density at radius 3 is 2.84 bits per heavy atom. The van der Waals surface area contributed by atoms with E-state index in [1.54, 1.807) is 4.90 Å². The third kappa shape index (κ3) is 4.69. The van der Waals surface area contributed by atoms with Crippen molar-refractivity contribution in [3.05, 3.63) is 29.3 Å². The largest absolute Gasteiger partial charge is 0.343 e. The van der Waals surface area contributed by atoms with Crippen LogP contribution in [0.3, 0.4) is 0 Å². The number of hydrogen-bond acceptors (Lipinski definition) is 4. The van der Waals surface area contributed by atoms with Crippen LogP contribution in [-0.4, -0.2) is 42.7 Å². The quantitative estimate of drug-likeness (QED) is 0.813. The van der Waals surface area contributed by atoms with Gasteiger partial charge in [-0.1, -0.05) is 11.6 Å². The van der Waals surface area contributed by atoms with E-state index in [2.05, 4.69) is 10.9 Å². The first kappa shape index (κ1) is 14.7. The summed E-state index contributed by atoms with van der Waals surface area (Å²) in [6, 6.07) is 7.90. The number of carbonyl (C=O) groups is 1. The van der Waals surface area contributed by atoms with E-state index in [4.69, 9.17) is 11.6 Å². The SMILES string of the molecule is CN(CC1CCNN1)C(=O)CSc1ccc(Cl)cc1. The highest BCUT2D eigenvalue weighted by Crippen LogP contribution is 2.20. The van der Waals surface area contributed by atoms with Crippen LogP contribution in [0.25, 0.3) is 0 Å². The number of likely N-dealkylation sites (N-methyl/N-ethyl adjacent to an activating group) is 1. The first-order valence-corrected chi connectivity index (χ1v) is 7.62. The summed E-state index contributed by atoms with van der Waals surface area (Å²) in [5.41, 5.74) is 6.23. The normalized spacial score (nSPS) is 18.5. The number of carbonyl (C=O) groups excluding carboxylic acids is 1. The van der Waals surface area contributed by atoms with Crippen LogP contribution in [0.1, 0.15) is 6.42 Å². The minimum atomic E-state index is 0.147. The van der Waals surface area contributed by atoms with Gasteiger partial charge in [-0.15, -0.1) is 11.8 Å².